The summed E-state index contributed by atoms with van der Waals surface area (Å²) in [6.45, 7) is 0.933. The molecule has 0 unspecified atom stereocenters. The molecule has 0 bridgehead atoms. The first-order chi connectivity index (χ1) is 10.1. The van der Waals surface area contributed by atoms with Crippen molar-refractivity contribution in [3.05, 3.63) is 23.9 Å². The summed E-state index contributed by atoms with van der Waals surface area (Å²) in [4.78, 5) is 30.9. The number of hydrogen-bond acceptors (Lipinski definition) is 5. The van der Waals surface area contributed by atoms with Crippen molar-refractivity contribution >= 4 is 17.9 Å². The normalized spacial score (nSPS) is 20.0. The Kier molecular flexibility index (Phi) is 3.17. The van der Waals surface area contributed by atoms with Crippen LogP contribution in [0.1, 0.15) is 18.4 Å². The quantitative estimate of drug-likeness (QED) is 0.413. The fourth-order valence-electron chi connectivity index (χ4n) is 2.93. The zero-order valence-corrected chi connectivity index (χ0v) is 11.7. The lowest BCUT2D eigenvalue weighted by Gasteiger charge is -2.45. The number of fused-ring (bicyclic) bond motifs is 2. The number of pyridine rings is 1. The van der Waals surface area contributed by atoms with E-state index in [0.717, 1.165) is 5.56 Å². The van der Waals surface area contributed by atoms with Gasteiger partial charge in [0.15, 0.2) is 0 Å². The SMILES string of the molecule is CN1C(=O)OC2(CCN(C(=O)NN)CC2)c2cccnc21. The molecule has 8 heteroatoms. The fourth-order valence-corrected chi connectivity index (χ4v) is 2.93. The monoisotopic (exact) mass is 291 g/mol. The van der Waals surface area contributed by atoms with E-state index in [-0.39, 0.29) is 6.03 Å². The van der Waals surface area contributed by atoms with Crippen LogP contribution < -0.4 is 16.2 Å². The molecule has 1 saturated heterocycles. The Bertz CT molecular complexity index is 583. The molecule has 1 aromatic heterocycles. The number of nitrogens with two attached hydrogens (primary N) is 1. The number of urea groups is 1. The number of aromatic nitrogens is 1. The minimum Gasteiger partial charge on any atom is -0.437 e. The topological polar surface area (TPSA) is 101 Å². The van der Waals surface area contributed by atoms with E-state index in [0.29, 0.717) is 31.7 Å². The fraction of sp³-hybridized carbons (Fsp3) is 0.462. The number of anilines is 1. The Morgan fingerprint density at radius 2 is 2.19 bits per heavy atom. The maximum atomic E-state index is 12.1. The van der Waals surface area contributed by atoms with Crippen LogP contribution in [-0.2, 0) is 10.3 Å². The number of amides is 3. The molecule has 3 rings (SSSR count). The third kappa shape index (κ3) is 2.07. The zero-order chi connectivity index (χ0) is 15.0. The van der Waals surface area contributed by atoms with Crippen molar-refractivity contribution < 1.29 is 14.3 Å². The van der Waals surface area contributed by atoms with Gasteiger partial charge in [0, 0.05) is 44.7 Å². The number of ether oxygens (including phenoxy) is 1. The number of hydrazine groups is 1. The zero-order valence-electron chi connectivity index (χ0n) is 11.7. The van der Waals surface area contributed by atoms with Crippen LogP contribution in [0.5, 0.6) is 0 Å². The molecule has 2 aliphatic heterocycles. The van der Waals surface area contributed by atoms with Crippen molar-refractivity contribution in [1.82, 2.24) is 15.3 Å². The molecule has 0 aliphatic carbocycles. The highest BCUT2D eigenvalue weighted by molar-refractivity contribution is 5.89. The molecular formula is C13H17N5O3. The van der Waals surface area contributed by atoms with Gasteiger partial charge in [-0.2, -0.15) is 0 Å². The van der Waals surface area contributed by atoms with Crippen LogP contribution in [0.4, 0.5) is 15.4 Å². The second-order valence-corrected chi connectivity index (χ2v) is 5.23. The second kappa shape index (κ2) is 4.88. The van der Waals surface area contributed by atoms with Crippen LogP contribution in [0.3, 0.4) is 0 Å². The van der Waals surface area contributed by atoms with E-state index in [1.807, 2.05) is 12.1 Å². The molecule has 0 aromatic carbocycles. The molecule has 1 aromatic rings. The summed E-state index contributed by atoms with van der Waals surface area (Å²) in [7, 11) is 1.64. The number of rotatable bonds is 0. The van der Waals surface area contributed by atoms with E-state index >= 15 is 0 Å². The summed E-state index contributed by atoms with van der Waals surface area (Å²) < 4.78 is 5.67. The van der Waals surface area contributed by atoms with Crippen LogP contribution >= 0.6 is 0 Å². The van der Waals surface area contributed by atoms with E-state index in [4.69, 9.17) is 10.6 Å². The van der Waals surface area contributed by atoms with Crippen molar-refractivity contribution in [3.8, 4) is 0 Å². The lowest BCUT2D eigenvalue weighted by Crippen LogP contribution is -2.54. The Morgan fingerprint density at radius 1 is 1.48 bits per heavy atom. The van der Waals surface area contributed by atoms with Gasteiger partial charge in [0.1, 0.15) is 11.4 Å². The maximum absolute atomic E-state index is 12.1. The van der Waals surface area contributed by atoms with Gasteiger partial charge in [-0.3, -0.25) is 10.3 Å². The summed E-state index contributed by atoms with van der Waals surface area (Å²) in [6, 6.07) is 3.42. The van der Waals surface area contributed by atoms with E-state index in [1.54, 1.807) is 18.1 Å². The lowest BCUT2D eigenvalue weighted by molar-refractivity contribution is -0.0345. The van der Waals surface area contributed by atoms with Gasteiger partial charge in [-0.05, 0) is 12.1 Å². The van der Waals surface area contributed by atoms with E-state index in [1.165, 1.54) is 4.90 Å². The number of carbonyl (C=O) groups excluding carboxylic acids is 2. The van der Waals surface area contributed by atoms with Crippen LogP contribution in [0.25, 0.3) is 0 Å². The highest BCUT2D eigenvalue weighted by Gasteiger charge is 2.47. The number of nitrogens with one attached hydrogen (secondary N) is 1. The third-order valence-corrected chi connectivity index (χ3v) is 4.13. The smallest absolute Gasteiger partial charge is 0.416 e. The Hall–Kier alpha value is -2.35. The largest absolute Gasteiger partial charge is 0.437 e. The average Bonchev–Trinajstić information content (AvgIpc) is 2.53. The van der Waals surface area contributed by atoms with Gasteiger partial charge in [-0.1, -0.05) is 0 Å². The van der Waals surface area contributed by atoms with Crippen LogP contribution in [0.2, 0.25) is 0 Å². The van der Waals surface area contributed by atoms with Crippen LogP contribution in [0, 0.1) is 0 Å². The second-order valence-electron chi connectivity index (χ2n) is 5.23. The molecule has 8 nitrogen and oxygen atoms in total. The first-order valence-corrected chi connectivity index (χ1v) is 6.75. The number of likely N-dealkylation sites (tertiary alicyclic amines) is 1. The molecule has 1 spiro atoms. The molecule has 0 saturated carbocycles. The number of hydrogen-bond donors (Lipinski definition) is 2. The van der Waals surface area contributed by atoms with E-state index < -0.39 is 11.7 Å². The van der Waals surface area contributed by atoms with Gasteiger partial charge >= 0.3 is 12.1 Å². The summed E-state index contributed by atoms with van der Waals surface area (Å²) >= 11 is 0. The Morgan fingerprint density at radius 3 is 2.86 bits per heavy atom. The van der Waals surface area contributed by atoms with Crippen molar-refractivity contribution in [2.24, 2.45) is 5.84 Å². The highest BCUT2D eigenvalue weighted by Crippen LogP contribution is 2.44. The van der Waals surface area contributed by atoms with Gasteiger partial charge < -0.3 is 9.64 Å². The standard InChI is InChI=1S/C13H17N5O3/c1-17-10-9(3-2-6-15-10)13(21-12(17)20)4-7-18(8-5-13)11(19)16-14/h2-3,6H,4-5,7-8,14H2,1H3,(H,16,19). The van der Waals surface area contributed by atoms with Gasteiger partial charge in [-0.25, -0.2) is 20.4 Å². The number of carbonyl (C=O) groups is 2. The Labute approximate surface area is 121 Å². The molecule has 1 fully saturated rings. The first kappa shape index (κ1) is 13.6. The summed E-state index contributed by atoms with van der Waals surface area (Å²) in [5, 5.41) is 0. The molecule has 3 heterocycles. The van der Waals surface area contributed by atoms with Crippen molar-refractivity contribution in [2.75, 3.05) is 25.0 Å². The molecule has 0 radical (unpaired) electrons. The van der Waals surface area contributed by atoms with Gasteiger partial charge in [0.05, 0.1) is 0 Å². The summed E-state index contributed by atoms with van der Waals surface area (Å²) in [6.07, 6.45) is 2.29. The van der Waals surface area contributed by atoms with Crippen LogP contribution in [-0.4, -0.2) is 42.1 Å². The molecular weight excluding hydrogens is 274 g/mol. The molecule has 2 aliphatic rings. The first-order valence-electron chi connectivity index (χ1n) is 6.75. The molecule has 21 heavy (non-hydrogen) atoms. The third-order valence-electron chi connectivity index (χ3n) is 4.13. The molecule has 112 valence electrons. The summed E-state index contributed by atoms with van der Waals surface area (Å²) in [5.74, 6) is 5.76. The average molecular weight is 291 g/mol. The summed E-state index contributed by atoms with van der Waals surface area (Å²) in [5.41, 5.74) is 2.30. The van der Waals surface area contributed by atoms with Crippen LogP contribution in [0.15, 0.2) is 18.3 Å². The van der Waals surface area contributed by atoms with Gasteiger partial charge in [0.2, 0.25) is 0 Å². The van der Waals surface area contributed by atoms with Crippen molar-refractivity contribution in [3.63, 3.8) is 0 Å². The molecule has 0 atom stereocenters. The predicted molar refractivity (Wildman–Crippen MR) is 74.3 cm³/mol. The minimum atomic E-state index is -0.710. The van der Waals surface area contributed by atoms with E-state index in [9.17, 15) is 9.59 Å². The number of piperidine rings is 1. The van der Waals surface area contributed by atoms with E-state index in [2.05, 4.69) is 10.4 Å². The Balaban J connectivity index is 1.91. The van der Waals surface area contributed by atoms with Crippen molar-refractivity contribution in [2.45, 2.75) is 18.4 Å². The maximum Gasteiger partial charge on any atom is 0.416 e. The minimum absolute atomic E-state index is 0.324. The predicted octanol–water partition coefficient (Wildman–Crippen LogP) is 0.542. The molecule has 3 N–H and O–H groups in total. The lowest BCUT2D eigenvalue weighted by atomic mass is 9.83. The highest BCUT2D eigenvalue weighted by atomic mass is 16.6. The van der Waals surface area contributed by atoms with Gasteiger partial charge in [-0.15, -0.1) is 0 Å². The van der Waals surface area contributed by atoms with Gasteiger partial charge in [0.25, 0.3) is 0 Å². The van der Waals surface area contributed by atoms with Crippen molar-refractivity contribution in [1.29, 1.82) is 0 Å². The number of nitrogens with zero attached hydrogens (tertiary/aromatic N) is 3. The molecule has 3 amide bonds.